The zero-order chi connectivity index (χ0) is 10.6. The highest BCUT2D eigenvalue weighted by Crippen LogP contribution is 2.19. The van der Waals surface area contributed by atoms with Crippen LogP contribution in [0.5, 0.6) is 0 Å². The predicted octanol–water partition coefficient (Wildman–Crippen LogP) is 2.64. The van der Waals surface area contributed by atoms with Crippen LogP contribution in [0.15, 0.2) is 18.2 Å². The van der Waals surface area contributed by atoms with E-state index >= 15 is 0 Å². The average molecular weight is 194 g/mol. The summed E-state index contributed by atoms with van der Waals surface area (Å²) in [5.41, 5.74) is 3.71. The van der Waals surface area contributed by atoms with Crippen molar-refractivity contribution in [3.63, 3.8) is 0 Å². The largest absolute Gasteiger partial charge is 0.382 e. The molecule has 1 rings (SSSR count). The van der Waals surface area contributed by atoms with Gasteiger partial charge in [-0.2, -0.15) is 0 Å². The lowest BCUT2D eigenvalue weighted by atomic mass is 10.0. The van der Waals surface area contributed by atoms with Crippen molar-refractivity contribution >= 4 is 0 Å². The van der Waals surface area contributed by atoms with Gasteiger partial charge in [0.05, 0.1) is 6.61 Å². The second kappa shape index (κ2) is 5.13. The van der Waals surface area contributed by atoms with E-state index in [0.717, 1.165) is 0 Å². The molecule has 0 aromatic heterocycles. The lowest BCUT2D eigenvalue weighted by Gasteiger charge is -2.15. The summed E-state index contributed by atoms with van der Waals surface area (Å²) >= 11 is 0. The number of aryl methyl sites for hydroxylation is 2. The van der Waals surface area contributed by atoms with Gasteiger partial charge in [-0.05, 0) is 19.4 Å². The molecule has 0 spiro atoms. The maximum atomic E-state index is 5.36. The minimum atomic E-state index is 0.0404. The van der Waals surface area contributed by atoms with Crippen LogP contribution in [-0.4, -0.2) is 20.8 Å². The van der Waals surface area contributed by atoms with Gasteiger partial charge >= 0.3 is 0 Å². The summed E-state index contributed by atoms with van der Waals surface area (Å²) in [5.74, 6) is 0. The number of benzene rings is 1. The topological polar surface area (TPSA) is 18.5 Å². The molecule has 1 atom stereocenters. The molecule has 0 radical (unpaired) electrons. The Morgan fingerprint density at radius 1 is 1.07 bits per heavy atom. The van der Waals surface area contributed by atoms with Gasteiger partial charge in [0.25, 0.3) is 0 Å². The summed E-state index contributed by atoms with van der Waals surface area (Å²) in [7, 11) is 3.40. The molecular formula is C12H18O2. The van der Waals surface area contributed by atoms with Crippen LogP contribution in [0.1, 0.15) is 22.8 Å². The van der Waals surface area contributed by atoms with Crippen molar-refractivity contribution in [3.8, 4) is 0 Å². The molecule has 0 N–H and O–H groups in total. The Labute approximate surface area is 85.8 Å². The first-order chi connectivity index (χ1) is 6.67. The third kappa shape index (κ3) is 2.82. The van der Waals surface area contributed by atoms with Gasteiger partial charge in [0.2, 0.25) is 0 Å². The second-order valence-electron chi connectivity index (χ2n) is 3.60. The fraction of sp³-hybridized carbons (Fsp3) is 0.500. The van der Waals surface area contributed by atoms with Crippen LogP contribution >= 0.6 is 0 Å². The van der Waals surface area contributed by atoms with E-state index in [1.807, 2.05) is 0 Å². The summed E-state index contributed by atoms with van der Waals surface area (Å²) in [4.78, 5) is 0. The van der Waals surface area contributed by atoms with Crippen LogP contribution in [0.2, 0.25) is 0 Å². The van der Waals surface area contributed by atoms with E-state index in [1.165, 1.54) is 16.7 Å². The molecule has 0 saturated carbocycles. The zero-order valence-electron chi connectivity index (χ0n) is 9.33. The normalized spacial score (nSPS) is 12.9. The van der Waals surface area contributed by atoms with Crippen LogP contribution in [0.4, 0.5) is 0 Å². The Morgan fingerprint density at radius 3 is 2.07 bits per heavy atom. The van der Waals surface area contributed by atoms with E-state index in [1.54, 1.807) is 14.2 Å². The van der Waals surface area contributed by atoms with E-state index in [0.29, 0.717) is 6.61 Å². The fourth-order valence-electron chi connectivity index (χ4n) is 1.65. The van der Waals surface area contributed by atoms with Gasteiger partial charge in [-0.3, -0.25) is 0 Å². The minimum Gasteiger partial charge on any atom is -0.382 e. The maximum Gasteiger partial charge on any atom is 0.105 e. The van der Waals surface area contributed by atoms with Gasteiger partial charge in [0, 0.05) is 14.2 Å². The third-order valence-corrected chi connectivity index (χ3v) is 2.22. The van der Waals surface area contributed by atoms with Crippen molar-refractivity contribution in [1.82, 2.24) is 0 Å². The highest BCUT2D eigenvalue weighted by Gasteiger charge is 2.10. The SMILES string of the molecule is COCC(OC)c1cc(C)cc(C)c1. The Hall–Kier alpha value is -0.860. The molecule has 2 heteroatoms. The molecule has 2 nitrogen and oxygen atoms in total. The summed E-state index contributed by atoms with van der Waals surface area (Å²) in [6, 6.07) is 6.43. The lowest BCUT2D eigenvalue weighted by molar-refractivity contribution is 0.0274. The number of methoxy groups -OCH3 is 2. The van der Waals surface area contributed by atoms with Crippen LogP contribution < -0.4 is 0 Å². The average Bonchev–Trinajstić information content (AvgIpc) is 2.12. The number of ether oxygens (including phenoxy) is 2. The summed E-state index contributed by atoms with van der Waals surface area (Å²) in [6.07, 6.45) is 0.0404. The first-order valence-electron chi connectivity index (χ1n) is 4.77. The van der Waals surface area contributed by atoms with Crippen molar-refractivity contribution in [2.75, 3.05) is 20.8 Å². The number of hydrogen-bond acceptors (Lipinski definition) is 2. The molecule has 0 fully saturated rings. The van der Waals surface area contributed by atoms with Crippen LogP contribution in [-0.2, 0) is 9.47 Å². The zero-order valence-corrected chi connectivity index (χ0v) is 9.33. The molecule has 0 aliphatic heterocycles. The molecular weight excluding hydrogens is 176 g/mol. The van der Waals surface area contributed by atoms with Crippen molar-refractivity contribution in [3.05, 3.63) is 34.9 Å². The van der Waals surface area contributed by atoms with Crippen molar-refractivity contribution in [2.24, 2.45) is 0 Å². The van der Waals surface area contributed by atoms with E-state index in [2.05, 4.69) is 32.0 Å². The highest BCUT2D eigenvalue weighted by atomic mass is 16.5. The minimum absolute atomic E-state index is 0.0404. The van der Waals surface area contributed by atoms with Crippen molar-refractivity contribution in [1.29, 1.82) is 0 Å². The molecule has 0 aliphatic carbocycles. The van der Waals surface area contributed by atoms with Gasteiger partial charge < -0.3 is 9.47 Å². The van der Waals surface area contributed by atoms with Gasteiger partial charge in [-0.1, -0.05) is 29.3 Å². The summed E-state index contributed by atoms with van der Waals surface area (Å²) in [6.45, 7) is 4.78. The molecule has 0 saturated heterocycles. The van der Waals surface area contributed by atoms with Gasteiger partial charge in [-0.15, -0.1) is 0 Å². The Morgan fingerprint density at radius 2 is 1.64 bits per heavy atom. The second-order valence-corrected chi connectivity index (χ2v) is 3.60. The Balaban J connectivity index is 2.91. The molecule has 0 heterocycles. The quantitative estimate of drug-likeness (QED) is 0.733. The van der Waals surface area contributed by atoms with E-state index < -0.39 is 0 Å². The molecule has 78 valence electrons. The van der Waals surface area contributed by atoms with Gasteiger partial charge in [0.15, 0.2) is 0 Å². The Kier molecular flexibility index (Phi) is 4.11. The lowest BCUT2D eigenvalue weighted by Crippen LogP contribution is -2.08. The monoisotopic (exact) mass is 194 g/mol. The summed E-state index contributed by atoms with van der Waals surface area (Å²) < 4.78 is 10.5. The summed E-state index contributed by atoms with van der Waals surface area (Å²) in [5, 5.41) is 0. The molecule has 1 aromatic rings. The van der Waals surface area contributed by atoms with E-state index in [-0.39, 0.29) is 6.10 Å². The highest BCUT2D eigenvalue weighted by molar-refractivity contribution is 5.30. The molecule has 0 amide bonds. The molecule has 1 aromatic carbocycles. The standard InChI is InChI=1S/C12H18O2/c1-9-5-10(2)7-11(6-9)12(14-4)8-13-3/h5-7,12H,8H2,1-4H3. The maximum absolute atomic E-state index is 5.36. The molecule has 1 unspecified atom stereocenters. The van der Waals surface area contributed by atoms with Crippen molar-refractivity contribution in [2.45, 2.75) is 20.0 Å². The third-order valence-electron chi connectivity index (χ3n) is 2.22. The molecule has 0 aliphatic rings. The van der Waals surface area contributed by atoms with E-state index in [4.69, 9.17) is 9.47 Å². The number of rotatable bonds is 4. The predicted molar refractivity (Wildman–Crippen MR) is 57.5 cm³/mol. The van der Waals surface area contributed by atoms with Crippen molar-refractivity contribution < 1.29 is 9.47 Å². The van der Waals surface area contributed by atoms with Gasteiger partial charge in [-0.25, -0.2) is 0 Å². The first kappa shape index (κ1) is 11.2. The fourth-order valence-corrected chi connectivity index (χ4v) is 1.65. The van der Waals surface area contributed by atoms with Crippen LogP contribution in [0, 0.1) is 13.8 Å². The molecule has 0 bridgehead atoms. The van der Waals surface area contributed by atoms with Gasteiger partial charge in [0.1, 0.15) is 6.10 Å². The smallest absolute Gasteiger partial charge is 0.105 e. The number of hydrogen-bond donors (Lipinski definition) is 0. The van der Waals surface area contributed by atoms with Crippen LogP contribution in [0.25, 0.3) is 0 Å². The molecule has 14 heavy (non-hydrogen) atoms. The van der Waals surface area contributed by atoms with E-state index in [9.17, 15) is 0 Å². The first-order valence-corrected chi connectivity index (χ1v) is 4.77. The van der Waals surface area contributed by atoms with Crippen LogP contribution in [0.3, 0.4) is 0 Å². The Bertz CT molecular complexity index is 274.